The molecule has 1 aromatic carbocycles. The molecule has 0 atom stereocenters. The SMILES string of the molecule is O=c1[nH]c(C(F)(F)F)cc(Cl)c1-c1ccc(Cl)cc1. The number of rotatable bonds is 1. The summed E-state index contributed by atoms with van der Waals surface area (Å²) in [7, 11) is 0. The van der Waals surface area contributed by atoms with Crippen molar-refractivity contribution in [2.75, 3.05) is 0 Å². The minimum atomic E-state index is -4.65. The normalized spacial score (nSPS) is 11.6. The predicted molar refractivity (Wildman–Crippen MR) is 67.5 cm³/mol. The van der Waals surface area contributed by atoms with Crippen molar-refractivity contribution in [3.8, 4) is 11.1 Å². The van der Waals surface area contributed by atoms with Crippen LogP contribution in [0, 0.1) is 0 Å². The largest absolute Gasteiger partial charge is 0.431 e. The van der Waals surface area contributed by atoms with Crippen LogP contribution in [-0.4, -0.2) is 4.98 Å². The Morgan fingerprint density at radius 3 is 2.11 bits per heavy atom. The molecule has 0 radical (unpaired) electrons. The molecular formula is C12H6Cl2F3NO. The van der Waals surface area contributed by atoms with Gasteiger partial charge in [-0.25, -0.2) is 0 Å². The van der Waals surface area contributed by atoms with Crippen molar-refractivity contribution in [3.63, 3.8) is 0 Å². The van der Waals surface area contributed by atoms with E-state index in [2.05, 4.69) is 0 Å². The molecule has 2 aromatic rings. The maximum absolute atomic E-state index is 12.5. The summed E-state index contributed by atoms with van der Waals surface area (Å²) in [5.41, 5.74) is -1.71. The molecule has 0 saturated heterocycles. The molecule has 2 nitrogen and oxygen atoms in total. The number of nitrogens with one attached hydrogen (secondary N) is 1. The second-order valence-electron chi connectivity index (χ2n) is 3.74. The molecule has 0 spiro atoms. The Hall–Kier alpha value is -1.46. The fraction of sp³-hybridized carbons (Fsp3) is 0.0833. The Labute approximate surface area is 115 Å². The smallest absolute Gasteiger partial charge is 0.318 e. The summed E-state index contributed by atoms with van der Waals surface area (Å²) in [5, 5.41) is 0.182. The Bertz CT molecular complexity index is 662. The number of hydrogen-bond donors (Lipinski definition) is 1. The highest BCUT2D eigenvalue weighted by Gasteiger charge is 2.33. The first-order chi connectivity index (χ1) is 8.79. The van der Waals surface area contributed by atoms with E-state index in [1.165, 1.54) is 24.3 Å². The molecule has 0 unspecified atom stereocenters. The van der Waals surface area contributed by atoms with Gasteiger partial charge in [0.05, 0.1) is 10.6 Å². The summed E-state index contributed by atoms with van der Waals surface area (Å²) in [4.78, 5) is 13.5. The van der Waals surface area contributed by atoms with Crippen LogP contribution in [0.2, 0.25) is 10.0 Å². The van der Waals surface area contributed by atoms with Gasteiger partial charge in [-0.15, -0.1) is 0 Å². The molecule has 7 heteroatoms. The van der Waals surface area contributed by atoms with Gasteiger partial charge in [-0.1, -0.05) is 35.3 Å². The highest BCUT2D eigenvalue weighted by molar-refractivity contribution is 6.33. The molecular weight excluding hydrogens is 302 g/mol. The lowest BCUT2D eigenvalue weighted by Crippen LogP contribution is -2.18. The van der Waals surface area contributed by atoms with Crippen molar-refractivity contribution in [2.24, 2.45) is 0 Å². The molecule has 0 fully saturated rings. The van der Waals surface area contributed by atoms with Gasteiger partial charge in [0.2, 0.25) is 0 Å². The van der Waals surface area contributed by atoms with Gasteiger partial charge in [-0.2, -0.15) is 13.2 Å². The first kappa shape index (κ1) is 14.0. The highest BCUT2D eigenvalue weighted by atomic mass is 35.5. The number of halogens is 5. The van der Waals surface area contributed by atoms with Gasteiger partial charge in [0.25, 0.3) is 5.56 Å². The van der Waals surface area contributed by atoms with Crippen molar-refractivity contribution >= 4 is 23.2 Å². The summed E-state index contributed by atoms with van der Waals surface area (Å²) < 4.78 is 37.5. The van der Waals surface area contributed by atoms with Crippen LogP contribution in [0.3, 0.4) is 0 Å². The van der Waals surface area contributed by atoms with Crippen molar-refractivity contribution in [1.82, 2.24) is 4.98 Å². The summed E-state index contributed by atoms with van der Waals surface area (Å²) >= 11 is 11.5. The summed E-state index contributed by atoms with van der Waals surface area (Å²) in [6.45, 7) is 0. The average molecular weight is 308 g/mol. The third kappa shape index (κ3) is 2.93. The zero-order chi connectivity index (χ0) is 14.2. The van der Waals surface area contributed by atoms with Crippen LogP contribution < -0.4 is 5.56 Å². The van der Waals surface area contributed by atoms with Crippen LogP contribution in [0.4, 0.5) is 13.2 Å². The molecule has 1 N–H and O–H groups in total. The number of pyridine rings is 1. The van der Waals surface area contributed by atoms with E-state index in [1.807, 2.05) is 0 Å². The van der Waals surface area contributed by atoms with Crippen LogP contribution in [0.1, 0.15) is 5.69 Å². The number of benzene rings is 1. The first-order valence-electron chi connectivity index (χ1n) is 5.05. The van der Waals surface area contributed by atoms with Gasteiger partial charge in [0.15, 0.2) is 0 Å². The van der Waals surface area contributed by atoms with Crippen LogP contribution in [-0.2, 0) is 6.18 Å². The van der Waals surface area contributed by atoms with Gasteiger partial charge in [-0.3, -0.25) is 4.79 Å². The molecule has 0 aliphatic carbocycles. The molecule has 0 amide bonds. The van der Waals surface area contributed by atoms with E-state index in [0.29, 0.717) is 16.7 Å². The maximum Gasteiger partial charge on any atom is 0.431 e. The lowest BCUT2D eigenvalue weighted by atomic mass is 10.1. The number of aromatic amines is 1. The number of hydrogen-bond acceptors (Lipinski definition) is 1. The third-order valence-corrected chi connectivity index (χ3v) is 2.97. The van der Waals surface area contributed by atoms with Gasteiger partial charge >= 0.3 is 6.18 Å². The molecule has 2 rings (SSSR count). The molecule has 0 aliphatic heterocycles. The first-order valence-corrected chi connectivity index (χ1v) is 5.80. The molecule has 0 bridgehead atoms. The van der Waals surface area contributed by atoms with Crippen molar-refractivity contribution in [2.45, 2.75) is 6.18 Å². The Morgan fingerprint density at radius 1 is 1.05 bits per heavy atom. The standard InChI is InChI=1S/C12H6Cl2F3NO/c13-7-3-1-6(2-4-7)10-8(14)5-9(12(15,16)17)18-11(10)19/h1-5H,(H,18,19). The monoisotopic (exact) mass is 307 g/mol. The molecule has 0 aliphatic rings. The lowest BCUT2D eigenvalue weighted by Gasteiger charge is -2.09. The van der Waals surface area contributed by atoms with E-state index in [0.717, 1.165) is 0 Å². The Kier molecular flexibility index (Phi) is 3.60. The van der Waals surface area contributed by atoms with Gasteiger partial charge in [-0.05, 0) is 23.8 Å². The number of aromatic nitrogens is 1. The van der Waals surface area contributed by atoms with E-state index >= 15 is 0 Å². The lowest BCUT2D eigenvalue weighted by molar-refractivity contribution is -0.141. The van der Waals surface area contributed by atoms with Crippen LogP contribution in [0.15, 0.2) is 35.1 Å². The van der Waals surface area contributed by atoms with E-state index in [9.17, 15) is 18.0 Å². The fourth-order valence-corrected chi connectivity index (χ4v) is 2.00. The zero-order valence-corrected chi connectivity index (χ0v) is 10.7. The fourth-order valence-electron chi connectivity index (χ4n) is 1.57. The third-order valence-electron chi connectivity index (χ3n) is 2.42. The number of alkyl halides is 3. The van der Waals surface area contributed by atoms with E-state index in [-0.39, 0.29) is 10.6 Å². The molecule has 1 heterocycles. The van der Waals surface area contributed by atoms with Crippen molar-refractivity contribution in [1.29, 1.82) is 0 Å². The Morgan fingerprint density at radius 2 is 1.63 bits per heavy atom. The van der Waals surface area contributed by atoms with Crippen LogP contribution in [0.5, 0.6) is 0 Å². The second-order valence-corrected chi connectivity index (χ2v) is 4.58. The minimum Gasteiger partial charge on any atom is -0.318 e. The number of H-pyrrole nitrogens is 1. The molecule has 19 heavy (non-hydrogen) atoms. The average Bonchev–Trinajstić information content (AvgIpc) is 2.29. The van der Waals surface area contributed by atoms with Gasteiger partial charge < -0.3 is 4.98 Å². The molecule has 1 aromatic heterocycles. The van der Waals surface area contributed by atoms with Gasteiger partial charge in [0, 0.05) is 5.02 Å². The van der Waals surface area contributed by atoms with Crippen molar-refractivity contribution < 1.29 is 13.2 Å². The summed E-state index contributed by atoms with van der Waals surface area (Å²) in [6.07, 6.45) is -4.65. The maximum atomic E-state index is 12.5. The highest BCUT2D eigenvalue weighted by Crippen LogP contribution is 2.32. The summed E-state index contributed by atoms with van der Waals surface area (Å²) in [6, 6.07) is 6.74. The van der Waals surface area contributed by atoms with Gasteiger partial charge in [0.1, 0.15) is 5.69 Å². The van der Waals surface area contributed by atoms with E-state index in [1.54, 1.807) is 4.98 Å². The molecule has 0 saturated carbocycles. The zero-order valence-electron chi connectivity index (χ0n) is 9.18. The Balaban J connectivity index is 2.60. The van der Waals surface area contributed by atoms with Crippen molar-refractivity contribution in [3.05, 3.63) is 56.4 Å². The topological polar surface area (TPSA) is 32.9 Å². The minimum absolute atomic E-state index is 0.0219. The second kappa shape index (κ2) is 4.90. The molecule has 100 valence electrons. The predicted octanol–water partition coefficient (Wildman–Crippen LogP) is 4.37. The quantitative estimate of drug-likeness (QED) is 0.834. The van der Waals surface area contributed by atoms with Crippen LogP contribution in [0.25, 0.3) is 11.1 Å². The van der Waals surface area contributed by atoms with E-state index in [4.69, 9.17) is 23.2 Å². The van der Waals surface area contributed by atoms with E-state index < -0.39 is 17.4 Å². The summed E-state index contributed by atoms with van der Waals surface area (Å²) in [5.74, 6) is 0. The van der Waals surface area contributed by atoms with Crippen LogP contribution >= 0.6 is 23.2 Å².